The van der Waals surface area contributed by atoms with E-state index in [2.05, 4.69) is 25.8 Å². The maximum absolute atomic E-state index is 11.5. The van der Waals surface area contributed by atoms with E-state index < -0.39 is 9.84 Å². The van der Waals surface area contributed by atoms with Crippen LogP contribution in [0.2, 0.25) is 0 Å². The first kappa shape index (κ1) is 21.1. The lowest BCUT2D eigenvalue weighted by Gasteiger charge is -2.15. The van der Waals surface area contributed by atoms with Crippen LogP contribution in [0.3, 0.4) is 0 Å². The fraction of sp³-hybridized carbons (Fsp3) is 0.786. The van der Waals surface area contributed by atoms with Gasteiger partial charge in [-0.2, -0.15) is 4.98 Å². The molecular weight excluding hydrogens is 445 g/mol. The zero-order valence-corrected chi connectivity index (χ0v) is 17.4. The van der Waals surface area contributed by atoms with Crippen LogP contribution in [0.4, 0.5) is 0 Å². The summed E-state index contributed by atoms with van der Waals surface area (Å²) in [6, 6.07) is -0.0595. The molecule has 0 bridgehead atoms. The standard InChI is InChI=1S/C14H25N5O3S.HI/c1-10(2)13-18-12(22-19-13)5-4-7-16-14(15-3)17-11-6-8-23(20,21)9-11;/h10-11H,4-9H2,1-3H3,(H2,15,16,17);1H. The van der Waals surface area contributed by atoms with Gasteiger partial charge in [0.15, 0.2) is 21.6 Å². The molecule has 2 heterocycles. The summed E-state index contributed by atoms with van der Waals surface area (Å²) >= 11 is 0. The average Bonchev–Trinajstić information content (AvgIpc) is 3.08. The van der Waals surface area contributed by atoms with Crippen LogP contribution in [0, 0.1) is 0 Å². The molecule has 8 nitrogen and oxygen atoms in total. The summed E-state index contributed by atoms with van der Waals surface area (Å²) in [5, 5.41) is 10.3. The minimum Gasteiger partial charge on any atom is -0.356 e. The summed E-state index contributed by atoms with van der Waals surface area (Å²) < 4.78 is 28.1. The number of hydrogen-bond donors (Lipinski definition) is 2. The Labute approximate surface area is 160 Å². The molecule has 1 saturated heterocycles. The third-order valence-corrected chi connectivity index (χ3v) is 5.42. The maximum atomic E-state index is 11.5. The Balaban J connectivity index is 0.00000288. The van der Waals surface area contributed by atoms with E-state index in [1.807, 2.05) is 13.8 Å². The van der Waals surface area contributed by atoms with Crippen molar-refractivity contribution in [3.8, 4) is 0 Å². The predicted octanol–water partition coefficient (Wildman–Crippen LogP) is 1.10. The first-order valence-corrected chi connectivity index (χ1v) is 9.72. The molecule has 2 rings (SSSR count). The molecule has 0 saturated carbocycles. The average molecular weight is 471 g/mol. The second kappa shape index (κ2) is 9.54. The molecule has 1 fully saturated rings. The number of sulfone groups is 1. The molecule has 1 aliphatic heterocycles. The SMILES string of the molecule is CN=C(NCCCc1nc(C(C)C)no1)NC1CCS(=O)(=O)C1.I. The van der Waals surface area contributed by atoms with Crippen LogP contribution >= 0.6 is 24.0 Å². The number of aromatic nitrogens is 2. The Bertz CT molecular complexity index is 645. The van der Waals surface area contributed by atoms with Crippen LogP contribution in [-0.2, 0) is 16.3 Å². The number of nitrogens with one attached hydrogen (secondary N) is 2. The monoisotopic (exact) mass is 471 g/mol. The van der Waals surface area contributed by atoms with E-state index >= 15 is 0 Å². The fourth-order valence-corrected chi connectivity index (χ4v) is 4.02. The van der Waals surface area contributed by atoms with Gasteiger partial charge >= 0.3 is 0 Å². The molecule has 0 aromatic carbocycles. The molecule has 0 spiro atoms. The number of aryl methyl sites for hydroxylation is 1. The first-order valence-electron chi connectivity index (χ1n) is 7.89. The molecule has 1 aromatic rings. The number of hydrogen-bond acceptors (Lipinski definition) is 6. The quantitative estimate of drug-likeness (QED) is 0.277. The predicted molar refractivity (Wildman–Crippen MR) is 104 cm³/mol. The molecular formula is C14H26IN5O3S. The molecule has 138 valence electrons. The first-order chi connectivity index (χ1) is 10.9. The Morgan fingerprint density at radius 2 is 2.21 bits per heavy atom. The Kier molecular flexibility index (Phi) is 8.40. The van der Waals surface area contributed by atoms with Crippen molar-refractivity contribution in [2.45, 2.75) is 45.1 Å². The van der Waals surface area contributed by atoms with Gasteiger partial charge in [-0.05, 0) is 12.8 Å². The summed E-state index contributed by atoms with van der Waals surface area (Å²) in [5.41, 5.74) is 0. The summed E-state index contributed by atoms with van der Waals surface area (Å²) in [5.74, 6) is 2.68. The van der Waals surface area contributed by atoms with E-state index in [1.54, 1.807) is 7.05 Å². The van der Waals surface area contributed by atoms with E-state index in [0.717, 1.165) is 12.2 Å². The molecule has 0 radical (unpaired) electrons. The van der Waals surface area contributed by atoms with Gasteiger partial charge in [-0.3, -0.25) is 4.99 Å². The normalized spacial score (nSPS) is 20.0. The lowest BCUT2D eigenvalue weighted by atomic mass is 10.2. The molecule has 10 heteroatoms. The van der Waals surface area contributed by atoms with E-state index in [0.29, 0.717) is 31.2 Å². The van der Waals surface area contributed by atoms with Crippen molar-refractivity contribution in [3.05, 3.63) is 11.7 Å². The van der Waals surface area contributed by atoms with Crippen molar-refractivity contribution in [1.29, 1.82) is 0 Å². The minimum atomic E-state index is -2.89. The molecule has 24 heavy (non-hydrogen) atoms. The maximum Gasteiger partial charge on any atom is 0.226 e. The molecule has 1 unspecified atom stereocenters. The molecule has 2 N–H and O–H groups in total. The molecule has 1 atom stereocenters. The molecule has 0 amide bonds. The van der Waals surface area contributed by atoms with Crippen LogP contribution in [0.25, 0.3) is 0 Å². The lowest BCUT2D eigenvalue weighted by Crippen LogP contribution is -2.44. The highest BCUT2D eigenvalue weighted by atomic mass is 127. The van der Waals surface area contributed by atoms with Crippen molar-refractivity contribution >= 4 is 39.8 Å². The molecule has 1 aliphatic rings. The van der Waals surface area contributed by atoms with Gasteiger partial charge in [0.1, 0.15) is 0 Å². The van der Waals surface area contributed by atoms with Gasteiger partial charge in [-0.25, -0.2) is 8.42 Å². The van der Waals surface area contributed by atoms with Gasteiger partial charge in [0.05, 0.1) is 11.5 Å². The molecule has 1 aromatic heterocycles. The number of nitrogens with zero attached hydrogens (tertiary/aromatic N) is 3. The number of rotatable bonds is 6. The summed E-state index contributed by atoms with van der Waals surface area (Å²) in [6.07, 6.45) is 2.15. The van der Waals surface area contributed by atoms with E-state index in [4.69, 9.17) is 4.52 Å². The van der Waals surface area contributed by atoms with Crippen LogP contribution in [0.1, 0.15) is 44.3 Å². The summed E-state index contributed by atoms with van der Waals surface area (Å²) in [4.78, 5) is 8.45. The number of aliphatic imine (C=N–C) groups is 1. The van der Waals surface area contributed by atoms with E-state index in [-0.39, 0.29) is 47.4 Å². The zero-order valence-electron chi connectivity index (χ0n) is 14.3. The van der Waals surface area contributed by atoms with Crippen molar-refractivity contribution in [3.63, 3.8) is 0 Å². The van der Waals surface area contributed by atoms with Crippen molar-refractivity contribution in [1.82, 2.24) is 20.8 Å². The number of guanidine groups is 1. The fourth-order valence-electron chi connectivity index (χ4n) is 2.35. The number of halogens is 1. The van der Waals surface area contributed by atoms with E-state index in [1.165, 1.54) is 0 Å². The highest BCUT2D eigenvalue weighted by Gasteiger charge is 2.28. The van der Waals surface area contributed by atoms with Crippen LogP contribution < -0.4 is 10.6 Å². The van der Waals surface area contributed by atoms with Gasteiger partial charge in [0.2, 0.25) is 5.89 Å². The highest BCUT2D eigenvalue weighted by Crippen LogP contribution is 2.11. The Hall–Kier alpha value is -0.910. The van der Waals surface area contributed by atoms with Crippen LogP contribution in [0.5, 0.6) is 0 Å². The van der Waals surface area contributed by atoms with Gasteiger partial charge in [0.25, 0.3) is 0 Å². The third kappa shape index (κ3) is 6.54. The Morgan fingerprint density at radius 3 is 2.75 bits per heavy atom. The largest absolute Gasteiger partial charge is 0.356 e. The minimum absolute atomic E-state index is 0. The topological polar surface area (TPSA) is 109 Å². The second-order valence-corrected chi connectivity index (χ2v) is 8.28. The lowest BCUT2D eigenvalue weighted by molar-refractivity contribution is 0.368. The Morgan fingerprint density at radius 1 is 1.46 bits per heavy atom. The second-order valence-electron chi connectivity index (χ2n) is 6.05. The van der Waals surface area contributed by atoms with Crippen molar-refractivity contribution in [2.75, 3.05) is 25.1 Å². The van der Waals surface area contributed by atoms with Crippen molar-refractivity contribution < 1.29 is 12.9 Å². The molecule has 0 aliphatic carbocycles. The van der Waals surface area contributed by atoms with Gasteiger partial charge < -0.3 is 15.2 Å². The highest BCUT2D eigenvalue weighted by molar-refractivity contribution is 14.0. The summed E-state index contributed by atoms with van der Waals surface area (Å²) in [7, 11) is -1.22. The summed E-state index contributed by atoms with van der Waals surface area (Å²) in [6.45, 7) is 4.74. The smallest absolute Gasteiger partial charge is 0.226 e. The van der Waals surface area contributed by atoms with Gasteiger partial charge in [-0.15, -0.1) is 24.0 Å². The van der Waals surface area contributed by atoms with Gasteiger partial charge in [0, 0.05) is 32.0 Å². The zero-order chi connectivity index (χ0) is 16.9. The van der Waals surface area contributed by atoms with Crippen LogP contribution in [0.15, 0.2) is 9.52 Å². The van der Waals surface area contributed by atoms with Crippen LogP contribution in [-0.4, -0.2) is 55.7 Å². The van der Waals surface area contributed by atoms with E-state index in [9.17, 15) is 8.42 Å². The third-order valence-electron chi connectivity index (χ3n) is 3.66. The van der Waals surface area contributed by atoms with Crippen molar-refractivity contribution in [2.24, 2.45) is 4.99 Å². The van der Waals surface area contributed by atoms with Gasteiger partial charge in [-0.1, -0.05) is 19.0 Å².